The van der Waals surface area contributed by atoms with Gasteiger partial charge in [-0.1, -0.05) is 27.7 Å². The van der Waals surface area contributed by atoms with Gasteiger partial charge in [0.15, 0.2) is 15.5 Å². The van der Waals surface area contributed by atoms with Gasteiger partial charge in [-0.05, 0) is 11.8 Å². The van der Waals surface area contributed by atoms with Gasteiger partial charge in [-0.25, -0.2) is 8.42 Å². The van der Waals surface area contributed by atoms with Crippen LogP contribution in [-0.4, -0.2) is 37.6 Å². The number of benzene rings is 1. The molecule has 0 aliphatic carbocycles. The van der Waals surface area contributed by atoms with Crippen LogP contribution < -0.4 is 4.90 Å². The molecule has 0 unspecified atom stereocenters. The maximum Gasteiger partial charge on any atom is 0.300 e. The number of rotatable bonds is 8. The summed E-state index contributed by atoms with van der Waals surface area (Å²) < 4.78 is 23.5. The zero-order valence-corrected chi connectivity index (χ0v) is 15.7. The van der Waals surface area contributed by atoms with Crippen molar-refractivity contribution < 1.29 is 18.3 Å². The second-order valence-electron chi connectivity index (χ2n) is 6.79. The summed E-state index contributed by atoms with van der Waals surface area (Å²) in [5.41, 5.74) is -1.29. The molecule has 25 heavy (non-hydrogen) atoms. The van der Waals surface area contributed by atoms with E-state index < -0.39 is 36.0 Å². The van der Waals surface area contributed by atoms with Gasteiger partial charge in [0.1, 0.15) is 0 Å². The summed E-state index contributed by atoms with van der Waals surface area (Å²) in [7, 11) is -3.83. The van der Waals surface area contributed by atoms with Crippen LogP contribution in [0.5, 0.6) is 0 Å². The average molecular weight is 373 g/mol. The van der Waals surface area contributed by atoms with Gasteiger partial charge < -0.3 is 4.90 Å². The molecule has 0 aliphatic rings. The number of hydrogen-bond donors (Lipinski definition) is 0. The SMILES string of the molecule is CC(C)CN(CC(C)C)c1c([N+](=O)[O-])cc(S(C)(=O)=O)cc1[N+](=O)[O-]. The minimum atomic E-state index is -3.83. The van der Waals surface area contributed by atoms with Gasteiger partial charge in [-0.3, -0.25) is 20.2 Å². The molecule has 9 nitrogen and oxygen atoms in total. The Morgan fingerprint density at radius 3 is 1.56 bits per heavy atom. The predicted molar refractivity (Wildman–Crippen MR) is 94.7 cm³/mol. The highest BCUT2D eigenvalue weighted by Gasteiger charge is 2.33. The normalized spacial score (nSPS) is 11.8. The number of hydrogen-bond acceptors (Lipinski definition) is 7. The Bertz CT molecular complexity index is 728. The predicted octanol–water partition coefficient (Wildman–Crippen LogP) is 3.02. The van der Waals surface area contributed by atoms with Gasteiger partial charge in [0, 0.05) is 31.5 Å². The summed E-state index contributed by atoms with van der Waals surface area (Å²) in [6.45, 7) is 8.34. The molecule has 0 fully saturated rings. The standard InChI is InChI=1S/C15H23N3O6S/c1-10(2)8-16(9-11(3)4)15-13(17(19)20)6-12(25(5,23)24)7-14(15)18(21)22/h6-7,10-11H,8-9H2,1-5H3. The third-order valence-corrected chi connectivity index (χ3v) is 4.44. The smallest absolute Gasteiger partial charge is 0.300 e. The molecule has 1 aromatic rings. The Morgan fingerprint density at radius 1 is 0.960 bits per heavy atom. The minimum Gasteiger partial charge on any atom is -0.360 e. The number of nitrogens with zero attached hydrogens (tertiary/aromatic N) is 3. The van der Waals surface area contributed by atoms with Gasteiger partial charge in [-0.15, -0.1) is 0 Å². The Balaban J connectivity index is 3.80. The van der Waals surface area contributed by atoms with E-state index in [0.717, 1.165) is 18.4 Å². The molecule has 0 N–H and O–H groups in total. The van der Waals surface area contributed by atoms with Crippen LogP contribution in [0.2, 0.25) is 0 Å². The summed E-state index contributed by atoms with van der Waals surface area (Å²) in [5.74, 6) is 0.208. The third-order valence-electron chi connectivity index (χ3n) is 3.35. The topological polar surface area (TPSA) is 124 Å². The van der Waals surface area contributed by atoms with Crippen molar-refractivity contribution in [2.75, 3.05) is 24.2 Å². The third kappa shape index (κ3) is 5.38. The molecule has 1 aromatic carbocycles. The van der Waals surface area contributed by atoms with Gasteiger partial charge in [0.2, 0.25) is 0 Å². The maximum atomic E-state index is 11.8. The van der Waals surface area contributed by atoms with Crippen molar-refractivity contribution in [3.63, 3.8) is 0 Å². The van der Waals surface area contributed by atoms with Gasteiger partial charge >= 0.3 is 11.4 Å². The highest BCUT2D eigenvalue weighted by Crippen LogP contribution is 2.40. The van der Waals surface area contributed by atoms with Gasteiger partial charge in [-0.2, -0.15) is 0 Å². The van der Waals surface area contributed by atoms with Crippen LogP contribution in [0.15, 0.2) is 17.0 Å². The van der Waals surface area contributed by atoms with Crippen LogP contribution in [0.3, 0.4) is 0 Å². The lowest BCUT2D eigenvalue weighted by Gasteiger charge is -2.27. The summed E-state index contributed by atoms with van der Waals surface area (Å²) in [6, 6.07) is 1.79. The van der Waals surface area contributed by atoms with Crippen molar-refractivity contribution in [3.05, 3.63) is 32.4 Å². The highest BCUT2D eigenvalue weighted by atomic mass is 32.2. The molecule has 0 spiro atoms. The van der Waals surface area contributed by atoms with Crippen LogP contribution in [0.25, 0.3) is 0 Å². The second-order valence-corrected chi connectivity index (χ2v) is 8.80. The Kier molecular flexibility index (Phi) is 6.47. The van der Waals surface area contributed by atoms with Crippen LogP contribution in [0, 0.1) is 32.1 Å². The van der Waals surface area contributed by atoms with Crippen molar-refractivity contribution >= 4 is 26.9 Å². The first kappa shape index (κ1) is 20.8. The summed E-state index contributed by atoms with van der Waals surface area (Å²) in [4.78, 5) is 22.6. The number of sulfone groups is 1. The van der Waals surface area contributed by atoms with E-state index in [-0.39, 0.29) is 17.5 Å². The Morgan fingerprint density at radius 2 is 1.32 bits per heavy atom. The lowest BCUT2D eigenvalue weighted by Crippen LogP contribution is -2.32. The number of nitro benzene ring substituents is 2. The van der Waals surface area contributed by atoms with E-state index in [0.29, 0.717) is 13.1 Å². The fraction of sp³-hybridized carbons (Fsp3) is 0.600. The van der Waals surface area contributed by atoms with Crippen molar-refractivity contribution in [2.24, 2.45) is 11.8 Å². The largest absolute Gasteiger partial charge is 0.360 e. The van der Waals surface area contributed by atoms with Crippen LogP contribution >= 0.6 is 0 Å². The molecule has 0 heterocycles. The molecular formula is C15H23N3O6S. The van der Waals surface area contributed by atoms with Crippen molar-refractivity contribution in [1.29, 1.82) is 0 Å². The Labute approximate surface area is 146 Å². The fourth-order valence-electron chi connectivity index (χ4n) is 2.53. The van der Waals surface area contributed by atoms with E-state index >= 15 is 0 Å². The minimum absolute atomic E-state index is 0.104. The summed E-state index contributed by atoms with van der Waals surface area (Å²) >= 11 is 0. The summed E-state index contributed by atoms with van der Waals surface area (Å²) in [6.07, 6.45) is 0.857. The molecule has 140 valence electrons. The van der Waals surface area contributed by atoms with Crippen molar-refractivity contribution in [3.8, 4) is 0 Å². The first-order chi connectivity index (χ1) is 11.3. The molecule has 1 rings (SSSR count). The van der Waals surface area contributed by atoms with Crippen LogP contribution in [0.1, 0.15) is 27.7 Å². The number of anilines is 1. The molecule has 10 heteroatoms. The van der Waals surface area contributed by atoms with Crippen molar-refractivity contribution in [2.45, 2.75) is 32.6 Å². The van der Waals surface area contributed by atoms with Crippen LogP contribution in [0.4, 0.5) is 17.1 Å². The highest BCUT2D eigenvalue weighted by molar-refractivity contribution is 7.90. The van der Waals surface area contributed by atoms with Crippen molar-refractivity contribution in [1.82, 2.24) is 0 Å². The molecule has 0 bridgehead atoms. The zero-order valence-electron chi connectivity index (χ0n) is 14.9. The number of nitro groups is 2. The first-order valence-electron chi connectivity index (χ1n) is 7.76. The van der Waals surface area contributed by atoms with Gasteiger partial charge in [0.25, 0.3) is 0 Å². The maximum absolute atomic E-state index is 11.8. The van der Waals surface area contributed by atoms with E-state index in [4.69, 9.17) is 0 Å². The molecular weight excluding hydrogens is 350 g/mol. The average Bonchev–Trinajstić information content (AvgIpc) is 2.42. The van der Waals surface area contributed by atoms with Crippen LogP contribution in [-0.2, 0) is 9.84 Å². The lowest BCUT2D eigenvalue weighted by atomic mass is 10.1. The zero-order chi connectivity index (χ0) is 19.5. The molecule has 0 aromatic heterocycles. The first-order valence-corrected chi connectivity index (χ1v) is 9.65. The fourth-order valence-corrected chi connectivity index (χ4v) is 3.19. The van der Waals surface area contributed by atoms with E-state index in [1.54, 1.807) is 4.90 Å². The summed E-state index contributed by atoms with van der Waals surface area (Å²) in [5, 5.41) is 23.0. The molecule has 0 saturated heterocycles. The molecule has 0 radical (unpaired) electrons. The van der Waals surface area contributed by atoms with E-state index in [9.17, 15) is 28.6 Å². The molecule has 0 amide bonds. The Hall–Kier alpha value is -2.23. The van der Waals surface area contributed by atoms with E-state index in [1.165, 1.54) is 0 Å². The van der Waals surface area contributed by atoms with E-state index in [1.807, 2.05) is 27.7 Å². The van der Waals surface area contributed by atoms with Gasteiger partial charge in [0.05, 0.1) is 14.7 Å². The lowest BCUT2D eigenvalue weighted by molar-refractivity contribution is -0.393. The monoisotopic (exact) mass is 373 g/mol. The second kappa shape index (κ2) is 7.77. The van der Waals surface area contributed by atoms with E-state index in [2.05, 4.69) is 0 Å². The molecule has 0 aliphatic heterocycles. The quantitative estimate of drug-likeness (QED) is 0.506. The molecule has 0 atom stereocenters. The molecule has 0 saturated carbocycles.